The van der Waals surface area contributed by atoms with Crippen LogP contribution in [0.15, 0.2) is 0 Å². The third-order valence-corrected chi connectivity index (χ3v) is 3.84. The molecule has 2 rings (SSSR count). The summed E-state index contributed by atoms with van der Waals surface area (Å²) in [5, 5.41) is 6.22. The lowest BCUT2D eigenvalue weighted by molar-refractivity contribution is -0.123. The summed E-state index contributed by atoms with van der Waals surface area (Å²) < 4.78 is 11.3. The van der Waals surface area contributed by atoms with Crippen molar-refractivity contribution in [2.24, 2.45) is 0 Å². The molecule has 2 aliphatic heterocycles. The molecule has 0 saturated carbocycles. The maximum absolute atomic E-state index is 11.7. The fourth-order valence-corrected chi connectivity index (χ4v) is 2.59. The van der Waals surface area contributed by atoms with Gasteiger partial charge in [0, 0.05) is 26.1 Å². The maximum atomic E-state index is 11.7. The van der Waals surface area contributed by atoms with Gasteiger partial charge in [-0.1, -0.05) is 0 Å². The Hall–Kier alpha value is -0.690. The summed E-state index contributed by atoms with van der Waals surface area (Å²) in [5.41, 5.74) is 0. The van der Waals surface area contributed by atoms with Crippen molar-refractivity contribution in [1.29, 1.82) is 0 Å². The van der Waals surface area contributed by atoms with Crippen molar-refractivity contribution in [1.82, 2.24) is 15.5 Å². The Balaban J connectivity index is 1.51. The number of amides is 1. The molecule has 6 nitrogen and oxygen atoms in total. The largest absolute Gasteiger partial charge is 0.378 e. The zero-order valence-corrected chi connectivity index (χ0v) is 12.4. The van der Waals surface area contributed by atoms with Gasteiger partial charge in [-0.2, -0.15) is 0 Å². The highest BCUT2D eigenvalue weighted by Crippen LogP contribution is 2.07. The number of nitrogens with one attached hydrogen (secondary N) is 2. The number of carbonyl (C=O) groups excluding carboxylic acids is 1. The van der Waals surface area contributed by atoms with E-state index in [-0.39, 0.29) is 12.0 Å². The van der Waals surface area contributed by atoms with Crippen LogP contribution in [0.1, 0.15) is 19.3 Å². The summed E-state index contributed by atoms with van der Waals surface area (Å²) in [7, 11) is 2.07. The number of ether oxygens (including phenoxy) is 2. The number of rotatable bonds is 6. The number of piperidine rings is 1. The molecule has 1 atom stereocenters. The van der Waals surface area contributed by atoms with Gasteiger partial charge in [0.05, 0.1) is 25.4 Å². The van der Waals surface area contributed by atoms with E-state index in [0.717, 1.165) is 45.6 Å². The van der Waals surface area contributed by atoms with E-state index in [1.165, 1.54) is 0 Å². The van der Waals surface area contributed by atoms with Gasteiger partial charge in [0.1, 0.15) is 0 Å². The van der Waals surface area contributed by atoms with Crippen molar-refractivity contribution in [2.45, 2.75) is 31.5 Å². The molecule has 0 aromatic carbocycles. The van der Waals surface area contributed by atoms with Gasteiger partial charge in [0.15, 0.2) is 0 Å². The van der Waals surface area contributed by atoms with Crippen LogP contribution in [-0.4, -0.2) is 76.0 Å². The molecule has 1 amide bonds. The molecule has 0 radical (unpaired) electrons. The summed E-state index contributed by atoms with van der Waals surface area (Å²) >= 11 is 0. The Labute approximate surface area is 121 Å². The average molecular weight is 285 g/mol. The lowest BCUT2D eigenvalue weighted by atomic mass is 10.1. The van der Waals surface area contributed by atoms with E-state index in [2.05, 4.69) is 22.6 Å². The van der Waals surface area contributed by atoms with Crippen LogP contribution in [0, 0.1) is 0 Å². The van der Waals surface area contributed by atoms with Crippen LogP contribution in [0.3, 0.4) is 0 Å². The molecular weight excluding hydrogens is 258 g/mol. The van der Waals surface area contributed by atoms with Crippen molar-refractivity contribution >= 4 is 5.91 Å². The number of hydrogen-bond acceptors (Lipinski definition) is 5. The van der Waals surface area contributed by atoms with E-state index in [1.54, 1.807) is 0 Å². The van der Waals surface area contributed by atoms with Crippen molar-refractivity contribution in [3.8, 4) is 0 Å². The predicted octanol–water partition coefficient (Wildman–Crippen LogP) is -0.408. The van der Waals surface area contributed by atoms with Crippen LogP contribution in [0.2, 0.25) is 0 Å². The molecule has 1 unspecified atom stereocenters. The average Bonchev–Trinajstić information content (AvgIpc) is 2.46. The fraction of sp³-hybridized carbons (Fsp3) is 0.929. The minimum absolute atomic E-state index is 0.0516. The molecule has 0 aromatic heterocycles. The van der Waals surface area contributed by atoms with E-state index in [1.807, 2.05) is 0 Å². The minimum atomic E-state index is 0.0516. The second-order valence-electron chi connectivity index (χ2n) is 5.63. The summed E-state index contributed by atoms with van der Waals surface area (Å²) in [6.45, 7) is 5.74. The van der Waals surface area contributed by atoms with E-state index in [4.69, 9.17) is 9.47 Å². The highest BCUT2D eigenvalue weighted by molar-refractivity contribution is 5.75. The van der Waals surface area contributed by atoms with Gasteiger partial charge in [-0.25, -0.2) is 0 Å². The van der Waals surface area contributed by atoms with Crippen LogP contribution >= 0.6 is 0 Å². The Morgan fingerprint density at radius 3 is 3.00 bits per heavy atom. The number of likely N-dealkylation sites (N-methyl/N-ethyl adjacent to an activating group) is 1. The molecule has 0 aliphatic carbocycles. The smallest absolute Gasteiger partial charge is 0.222 e. The fourth-order valence-electron chi connectivity index (χ4n) is 2.59. The van der Waals surface area contributed by atoms with Gasteiger partial charge in [-0.05, 0) is 33.0 Å². The van der Waals surface area contributed by atoms with E-state index < -0.39 is 0 Å². The number of carbonyl (C=O) groups is 1. The first kappa shape index (κ1) is 15.7. The zero-order valence-electron chi connectivity index (χ0n) is 12.4. The third-order valence-electron chi connectivity index (χ3n) is 3.84. The van der Waals surface area contributed by atoms with Crippen molar-refractivity contribution in [3.63, 3.8) is 0 Å². The lowest BCUT2D eigenvalue weighted by Gasteiger charge is -2.30. The van der Waals surface area contributed by atoms with E-state index in [9.17, 15) is 4.79 Å². The van der Waals surface area contributed by atoms with Crippen LogP contribution < -0.4 is 10.6 Å². The van der Waals surface area contributed by atoms with Crippen molar-refractivity contribution < 1.29 is 14.3 Å². The molecule has 2 N–H and O–H groups in total. The van der Waals surface area contributed by atoms with Crippen molar-refractivity contribution in [2.75, 3.05) is 53.0 Å². The number of hydrogen-bond donors (Lipinski definition) is 2. The highest BCUT2D eigenvalue weighted by atomic mass is 16.5. The highest BCUT2D eigenvalue weighted by Gasteiger charge is 2.18. The molecule has 116 valence electrons. The molecule has 2 saturated heterocycles. The maximum Gasteiger partial charge on any atom is 0.222 e. The van der Waals surface area contributed by atoms with Crippen LogP contribution in [0.25, 0.3) is 0 Å². The van der Waals surface area contributed by atoms with Crippen LogP contribution in [0.5, 0.6) is 0 Å². The van der Waals surface area contributed by atoms with Gasteiger partial charge >= 0.3 is 0 Å². The second kappa shape index (κ2) is 8.56. The molecule has 0 bridgehead atoms. The molecule has 2 aliphatic rings. The first-order valence-corrected chi connectivity index (χ1v) is 7.63. The molecule has 0 aromatic rings. The Morgan fingerprint density at radius 2 is 2.25 bits per heavy atom. The molecule has 2 heterocycles. The molecule has 6 heteroatoms. The van der Waals surface area contributed by atoms with Crippen LogP contribution in [0.4, 0.5) is 0 Å². The summed E-state index contributed by atoms with van der Waals surface area (Å²) in [6.07, 6.45) is 2.96. The quantitative estimate of drug-likeness (QED) is 0.695. The van der Waals surface area contributed by atoms with E-state index in [0.29, 0.717) is 25.7 Å². The monoisotopic (exact) mass is 285 g/mol. The topological polar surface area (TPSA) is 62.8 Å². The van der Waals surface area contributed by atoms with Crippen LogP contribution in [-0.2, 0) is 14.3 Å². The second-order valence-corrected chi connectivity index (χ2v) is 5.63. The number of nitrogens with zero attached hydrogens (tertiary/aromatic N) is 1. The van der Waals surface area contributed by atoms with Gasteiger partial charge in [0.25, 0.3) is 0 Å². The Bertz CT molecular complexity index is 295. The summed E-state index contributed by atoms with van der Waals surface area (Å²) in [5.74, 6) is 0.0516. The first-order chi connectivity index (χ1) is 9.74. The van der Waals surface area contributed by atoms with Gasteiger partial charge in [-0.3, -0.25) is 4.79 Å². The zero-order chi connectivity index (χ0) is 14.2. The van der Waals surface area contributed by atoms with Gasteiger partial charge < -0.3 is 25.0 Å². The molecule has 20 heavy (non-hydrogen) atoms. The Kier molecular flexibility index (Phi) is 6.72. The first-order valence-electron chi connectivity index (χ1n) is 7.63. The summed E-state index contributed by atoms with van der Waals surface area (Å²) in [4.78, 5) is 14.0. The Morgan fingerprint density at radius 1 is 1.45 bits per heavy atom. The normalized spacial score (nSPS) is 25.6. The lowest BCUT2D eigenvalue weighted by Crippen LogP contribution is -2.46. The SMILES string of the molecule is CN1CCOC(CNC(=O)CCOC2CCNCC2)C1. The number of morpholine rings is 1. The minimum Gasteiger partial charge on any atom is -0.378 e. The predicted molar refractivity (Wildman–Crippen MR) is 76.7 cm³/mol. The molecular formula is C14H27N3O3. The van der Waals surface area contributed by atoms with Gasteiger partial charge in [-0.15, -0.1) is 0 Å². The van der Waals surface area contributed by atoms with E-state index >= 15 is 0 Å². The molecule has 2 fully saturated rings. The standard InChI is InChI=1S/C14H27N3O3/c1-17-7-9-20-13(11-17)10-16-14(18)4-8-19-12-2-5-15-6-3-12/h12-13,15H,2-11H2,1H3,(H,16,18). The third kappa shape index (κ3) is 5.75. The van der Waals surface area contributed by atoms with Gasteiger partial charge in [0.2, 0.25) is 5.91 Å². The van der Waals surface area contributed by atoms with Crippen molar-refractivity contribution in [3.05, 3.63) is 0 Å². The molecule has 0 spiro atoms. The summed E-state index contributed by atoms with van der Waals surface area (Å²) in [6, 6.07) is 0.